The van der Waals surface area contributed by atoms with Gasteiger partial charge in [0.15, 0.2) is 0 Å². The minimum atomic E-state index is 1.22. The van der Waals surface area contributed by atoms with Crippen molar-refractivity contribution in [2.24, 2.45) is 0 Å². The van der Waals surface area contributed by atoms with E-state index in [2.05, 4.69) is 42.3 Å². The molecule has 1 aromatic heterocycles. The van der Waals surface area contributed by atoms with Crippen molar-refractivity contribution in [3.63, 3.8) is 0 Å². The Bertz CT molecular complexity index is 692. The first-order chi connectivity index (χ1) is 22.3. The highest BCUT2D eigenvalue weighted by Crippen LogP contribution is 2.16. The topological polar surface area (TPSA) is 8.81 Å². The van der Waals surface area contributed by atoms with Gasteiger partial charge in [-0.15, -0.1) is 0 Å². The minimum absolute atomic E-state index is 1.22. The van der Waals surface area contributed by atoms with Crippen molar-refractivity contribution in [1.82, 2.24) is 4.57 Å². The molecule has 2 heteroatoms. The Balaban J connectivity index is 2.14. The molecule has 0 fully saturated rings. The normalized spacial score (nSPS) is 11.6. The van der Waals surface area contributed by atoms with Crippen LogP contribution in [0.25, 0.3) is 0 Å². The van der Waals surface area contributed by atoms with Crippen molar-refractivity contribution < 1.29 is 4.57 Å². The highest BCUT2D eigenvalue weighted by molar-refractivity contribution is 4.84. The lowest BCUT2D eigenvalue weighted by Gasteiger charge is -2.07. The van der Waals surface area contributed by atoms with Crippen molar-refractivity contribution in [3.05, 3.63) is 18.2 Å². The maximum absolute atomic E-state index is 2.63. The summed E-state index contributed by atoms with van der Waals surface area (Å²) in [4.78, 5) is 0. The Labute approximate surface area is 285 Å². The Kier molecular flexibility index (Phi) is 32.4. The van der Waals surface area contributed by atoms with E-state index in [1.807, 2.05) is 0 Å². The van der Waals surface area contributed by atoms with Crippen molar-refractivity contribution >= 4 is 0 Å². The van der Waals surface area contributed by atoms with Crippen molar-refractivity contribution in [1.29, 1.82) is 0 Å². The van der Waals surface area contributed by atoms with Gasteiger partial charge in [0, 0.05) is 6.42 Å². The fraction of sp³-hybridized carbons (Fsp3) is 0.930. The molecule has 0 aliphatic heterocycles. The highest BCUT2D eigenvalue weighted by Gasteiger charge is 2.16. The average Bonchev–Trinajstić information content (AvgIpc) is 3.44. The number of aromatic nitrogens is 2. The third kappa shape index (κ3) is 26.9. The number of imidazole rings is 1. The predicted octanol–water partition coefficient (Wildman–Crippen LogP) is 14.6. The maximum atomic E-state index is 2.63. The number of unbranched alkanes of at least 4 members (excludes halogenated alkanes) is 31. The summed E-state index contributed by atoms with van der Waals surface area (Å²) in [6.45, 7) is 9.40. The maximum Gasteiger partial charge on any atom is 0.256 e. The van der Waals surface area contributed by atoms with Crippen molar-refractivity contribution in [2.45, 2.75) is 259 Å². The van der Waals surface area contributed by atoms with Gasteiger partial charge in [-0.3, -0.25) is 0 Å². The van der Waals surface area contributed by atoms with Gasteiger partial charge in [0.2, 0.25) is 0 Å². The Hall–Kier alpha value is -0.790. The van der Waals surface area contributed by atoms with E-state index in [9.17, 15) is 0 Å². The monoisotopic (exact) mass is 630 g/mol. The van der Waals surface area contributed by atoms with E-state index in [1.165, 1.54) is 238 Å². The molecule has 0 saturated heterocycles. The van der Waals surface area contributed by atoms with Crippen LogP contribution in [-0.4, -0.2) is 4.57 Å². The van der Waals surface area contributed by atoms with E-state index >= 15 is 0 Å². The van der Waals surface area contributed by atoms with Gasteiger partial charge in [-0.1, -0.05) is 207 Å². The molecule has 45 heavy (non-hydrogen) atoms. The van der Waals surface area contributed by atoms with E-state index in [0.717, 1.165) is 0 Å². The summed E-state index contributed by atoms with van der Waals surface area (Å²) in [5.41, 5.74) is 0. The first kappa shape index (κ1) is 42.2. The molecule has 1 aromatic rings. The number of nitrogens with zero attached hydrogens (tertiary/aromatic N) is 2. The SMILES string of the molecule is CCCCCCCCCCCCCCCCCCn1cc[n+](CCCCCC)c1CCCCCCCCCCCCCCCC. The van der Waals surface area contributed by atoms with Crippen LogP contribution < -0.4 is 4.57 Å². The van der Waals surface area contributed by atoms with E-state index in [-0.39, 0.29) is 0 Å². The van der Waals surface area contributed by atoms with E-state index in [4.69, 9.17) is 0 Å². The van der Waals surface area contributed by atoms with Crippen molar-refractivity contribution in [2.75, 3.05) is 0 Å². The summed E-state index contributed by atoms with van der Waals surface area (Å²) in [7, 11) is 0. The average molecular weight is 630 g/mol. The van der Waals surface area contributed by atoms with Crippen LogP contribution in [0.1, 0.15) is 245 Å². The summed E-state index contributed by atoms with van der Waals surface area (Å²) in [5, 5.41) is 0. The molecule has 266 valence electrons. The zero-order valence-corrected chi connectivity index (χ0v) is 31.7. The number of rotatable bonds is 37. The molecule has 0 saturated carbocycles. The molecule has 1 rings (SSSR count). The molecule has 0 atom stereocenters. The molecule has 0 unspecified atom stereocenters. The molecule has 0 aromatic carbocycles. The Morgan fingerprint density at radius 3 is 1.07 bits per heavy atom. The molecule has 2 nitrogen and oxygen atoms in total. The van der Waals surface area contributed by atoms with Crippen LogP contribution in [0.2, 0.25) is 0 Å². The predicted molar refractivity (Wildman–Crippen MR) is 202 cm³/mol. The standard InChI is InChI=1S/C43H85N2/c1-4-7-10-13-15-17-19-21-23-24-26-28-30-32-34-37-40-45-42-41-44(39-36-12-9-6-3)43(45)38-35-33-31-29-27-25-22-20-18-16-14-11-8-5-2/h41-42H,4-40H2,1-3H3/q+1. The van der Waals surface area contributed by atoms with Crippen LogP contribution in [-0.2, 0) is 19.5 Å². The summed E-state index contributed by atoms with van der Waals surface area (Å²) < 4.78 is 5.25. The lowest BCUT2D eigenvalue weighted by molar-refractivity contribution is -0.704. The second kappa shape index (κ2) is 34.5. The lowest BCUT2D eigenvalue weighted by atomic mass is 10.0. The third-order valence-electron chi connectivity index (χ3n) is 10.3. The highest BCUT2D eigenvalue weighted by atomic mass is 15.1. The summed E-state index contributed by atoms with van der Waals surface area (Å²) in [6, 6.07) is 0. The summed E-state index contributed by atoms with van der Waals surface area (Å²) >= 11 is 0. The molecular formula is C43H85N2+. The third-order valence-corrected chi connectivity index (χ3v) is 10.3. The van der Waals surface area contributed by atoms with E-state index in [0.29, 0.717) is 0 Å². The van der Waals surface area contributed by atoms with Gasteiger partial charge in [-0.25, -0.2) is 9.13 Å². The molecule has 0 amide bonds. The van der Waals surface area contributed by atoms with Crippen LogP contribution in [0.15, 0.2) is 12.4 Å². The summed E-state index contributed by atoms with van der Waals surface area (Å²) in [6.07, 6.45) is 54.9. The second-order valence-corrected chi connectivity index (χ2v) is 14.8. The zero-order valence-electron chi connectivity index (χ0n) is 31.7. The van der Waals surface area contributed by atoms with Crippen molar-refractivity contribution in [3.8, 4) is 0 Å². The first-order valence-corrected chi connectivity index (χ1v) is 21.4. The molecule has 0 aliphatic rings. The van der Waals surface area contributed by atoms with E-state index < -0.39 is 0 Å². The smallest absolute Gasteiger partial charge is 0.234 e. The van der Waals surface area contributed by atoms with Gasteiger partial charge in [0.25, 0.3) is 5.82 Å². The summed E-state index contributed by atoms with van der Waals surface area (Å²) in [5.74, 6) is 1.62. The molecule has 1 heterocycles. The van der Waals surface area contributed by atoms with Gasteiger partial charge in [-0.05, 0) is 32.1 Å². The van der Waals surface area contributed by atoms with Crippen LogP contribution in [0.5, 0.6) is 0 Å². The Morgan fingerprint density at radius 2 is 0.689 bits per heavy atom. The Morgan fingerprint density at radius 1 is 0.378 bits per heavy atom. The molecular weight excluding hydrogens is 544 g/mol. The van der Waals surface area contributed by atoms with Gasteiger partial charge in [0.1, 0.15) is 12.4 Å². The van der Waals surface area contributed by atoms with Gasteiger partial charge in [0.05, 0.1) is 13.1 Å². The van der Waals surface area contributed by atoms with Gasteiger partial charge >= 0.3 is 0 Å². The van der Waals surface area contributed by atoms with Gasteiger partial charge in [-0.2, -0.15) is 0 Å². The fourth-order valence-corrected chi connectivity index (χ4v) is 7.21. The van der Waals surface area contributed by atoms with Crippen LogP contribution in [0.3, 0.4) is 0 Å². The van der Waals surface area contributed by atoms with Crippen LogP contribution in [0.4, 0.5) is 0 Å². The molecule has 0 spiro atoms. The van der Waals surface area contributed by atoms with E-state index in [1.54, 1.807) is 5.82 Å². The minimum Gasteiger partial charge on any atom is -0.234 e. The number of hydrogen-bond donors (Lipinski definition) is 0. The quantitative estimate of drug-likeness (QED) is 0.0511. The number of hydrogen-bond acceptors (Lipinski definition) is 0. The number of aryl methyl sites for hydroxylation is 2. The largest absolute Gasteiger partial charge is 0.256 e. The molecule has 0 aliphatic carbocycles. The zero-order chi connectivity index (χ0) is 32.3. The molecule has 0 radical (unpaired) electrons. The van der Waals surface area contributed by atoms with Crippen LogP contribution >= 0.6 is 0 Å². The molecule has 0 bridgehead atoms. The fourth-order valence-electron chi connectivity index (χ4n) is 7.21. The molecule has 0 N–H and O–H groups in total. The van der Waals surface area contributed by atoms with Gasteiger partial charge < -0.3 is 0 Å². The first-order valence-electron chi connectivity index (χ1n) is 21.4. The van der Waals surface area contributed by atoms with Crippen LogP contribution in [0, 0.1) is 0 Å². The second-order valence-electron chi connectivity index (χ2n) is 14.8. The lowest BCUT2D eigenvalue weighted by Crippen LogP contribution is -2.37.